The van der Waals surface area contributed by atoms with E-state index in [1.54, 1.807) is 12.4 Å². The van der Waals surface area contributed by atoms with E-state index in [1.165, 1.54) is 16.5 Å². The molecule has 0 radical (unpaired) electrons. The normalized spacial score (nSPS) is 14.9. The molecule has 0 amide bonds. The van der Waals surface area contributed by atoms with Crippen LogP contribution in [-0.2, 0) is 0 Å². The van der Waals surface area contributed by atoms with Crippen molar-refractivity contribution < 1.29 is 0 Å². The molecule has 0 bridgehead atoms. The lowest BCUT2D eigenvalue weighted by Gasteiger charge is -2.05. The average molecular weight is 225 g/mol. The zero-order valence-electron chi connectivity index (χ0n) is 10.1. The van der Waals surface area contributed by atoms with E-state index < -0.39 is 0 Å². The van der Waals surface area contributed by atoms with Crippen molar-refractivity contribution in [3.05, 3.63) is 35.2 Å². The number of pyridine rings is 1. The molecule has 17 heavy (non-hydrogen) atoms. The predicted octanol–water partition coefficient (Wildman–Crippen LogP) is 1.61. The van der Waals surface area contributed by atoms with Crippen LogP contribution in [0.4, 0.5) is 0 Å². The molecule has 1 N–H and O–H groups in total. The SMILES string of the molecule is CC1=c2nc(-c3ccncc3)[nH]c2=C(C)CC1. The molecule has 0 unspecified atom stereocenters. The van der Waals surface area contributed by atoms with E-state index in [-0.39, 0.29) is 0 Å². The zero-order chi connectivity index (χ0) is 11.8. The Bertz CT molecular complexity index is 626. The van der Waals surface area contributed by atoms with Crippen molar-refractivity contribution in [2.24, 2.45) is 0 Å². The van der Waals surface area contributed by atoms with Gasteiger partial charge in [0, 0.05) is 18.0 Å². The van der Waals surface area contributed by atoms with Gasteiger partial charge in [-0.25, -0.2) is 4.98 Å². The molecule has 1 aliphatic carbocycles. The molecular weight excluding hydrogens is 210 g/mol. The van der Waals surface area contributed by atoms with E-state index in [9.17, 15) is 0 Å². The second-order valence-electron chi connectivity index (χ2n) is 4.61. The Balaban J connectivity index is 2.29. The number of H-pyrrole nitrogens is 1. The molecule has 86 valence electrons. The highest BCUT2D eigenvalue weighted by Gasteiger charge is 2.10. The first-order valence-electron chi connectivity index (χ1n) is 5.91. The number of hydrogen-bond donors (Lipinski definition) is 1. The van der Waals surface area contributed by atoms with Crippen LogP contribution in [0.2, 0.25) is 0 Å². The number of aromatic amines is 1. The van der Waals surface area contributed by atoms with Crippen LogP contribution in [0, 0.1) is 0 Å². The predicted molar refractivity (Wildman–Crippen MR) is 68.5 cm³/mol. The highest BCUT2D eigenvalue weighted by Crippen LogP contribution is 2.15. The third kappa shape index (κ3) is 1.68. The molecule has 0 aromatic carbocycles. The van der Waals surface area contributed by atoms with E-state index in [0.717, 1.165) is 29.6 Å². The van der Waals surface area contributed by atoms with Crippen LogP contribution in [0.5, 0.6) is 0 Å². The Hall–Kier alpha value is -1.90. The number of imidazole rings is 1. The van der Waals surface area contributed by atoms with Crippen LogP contribution in [0.15, 0.2) is 24.5 Å². The Kier molecular flexibility index (Phi) is 2.32. The monoisotopic (exact) mass is 225 g/mol. The van der Waals surface area contributed by atoms with Gasteiger partial charge in [-0.3, -0.25) is 4.98 Å². The summed E-state index contributed by atoms with van der Waals surface area (Å²) in [5, 5.41) is 2.35. The van der Waals surface area contributed by atoms with Crippen LogP contribution in [0.25, 0.3) is 22.5 Å². The summed E-state index contributed by atoms with van der Waals surface area (Å²) in [5.74, 6) is 0.943. The van der Waals surface area contributed by atoms with Crippen LogP contribution < -0.4 is 10.7 Å². The van der Waals surface area contributed by atoms with E-state index in [0.29, 0.717) is 0 Å². The highest BCUT2D eigenvalue weighted by atomic mass is 14.9. The van der Waals surface area contributed by atoms with Gasteiger partial charge in [-0.1, -0.05) is 0 Å². The molecule has 0 aliphatic heterocycles. The van der Waals surface area contributed by atoms with E-state index >= 15 is 0 Å². The van der Waals surface area contributed by atoms with Crippen molar-refractivity contribution in [1.82, 2.24) is 15.0 Å². The first-order chi connectivity index (χ1) is 8.25. The van der Waals surface area contributed by atoms with Gasteiger partial charge < -0.3 is 4.98 Å². The second-order valence-corrected chi connectivity index (χ2v) is 4.61. The molecule has 3 heteroatoms. The molecule has 0 fully saturated rings. The fourth-order valence-electron chi connectivity index (χ4n) is 2.26. The standard InChI is InChI=1S/C14H15N3/c1-9-3-4-10(2)13-12(9)16-14(17-13)11-5-7-15-8-6-11/h5-8H,3-4H2,1-2H3,(H,16,17). The lowest BCUT2D eigenvalue weighted by Crippen LogP contribution is -2.31. The van der Waals surface area contributed by atoms with Gasteiger partial charge in [0.25, 0.3) is 0 Å². The average Bonchev–Trinajstić information content (AvgIpc) is 2.81. The zero-order valence-corrected chi connectivity index (χ0v) is 10.1. The van der Waals surface area contributed by atoms with Gasteiger partial charge in [0.15, 0.2) is 0 Å². The molecule has 0 atom stereocenters. The minimum Gasteiger partial charge on any atom is -0.338 e. The Morgan fingerprint density at radius 3 is 2.47 bits per heavy atom. The Morgan fingerprint density at radius 2 is 1.76 bits per heavy atom. The summed E-state index contributed by atoms with van der Waals surface area (Å²) >= 11 is 0. The molecule has 1 aliphatic rings. The van der Waals surface area contributed by atoms with E-state index in [1.807, 2.05) is 12.1 Å². The van der Waals surface area contributed by atoms with E-state index in [2.05, 4.69) is 23.8 Å². The number of hydrogen-bond acceptors (Lipinski definition) is 2. The van der Waals surface area contributed by atoms with Crippen LogP contribution in [0.3, 0.4) is 0 Å². The molecule has 2 aromatic rings. The third-order valence-electron chi connectivity index (χ3n) is 3.36. The van der Waals surface area contributed by atoms with Gasteiger partial charge in [-0.15, -0.1) is 0 Å². The maximum absolute atomic E-state index is 4.71. The van der Waals surface area contributed by atoms with Crippen molar-refractivity contribution in [2.45, 2.75) is 26.7 Å². The first kappa shape index (κ1) is 10.3. The lowest BCUT2D eigenvalue weighted by molar-refractivity contribution is 1.00. The minimum atomic E-state index is 0.943. The fourth-order valence-corrected chi connectivity index (χ4v) is 2.26. The summed E-state index contributed by atoms with van der Waals surface area (Å²) < 4.78 is 0. The fraction of sp³-hybridized carbons (Fsp3) is 0.286. The van der Waals surface area contributed by atoms with Gasteiger partial charge in [0.2, 0.25) is 0 Å². The molecule has 2 aromatic heterocycles. The Morgan fingerprint density at radius 1 is 1.06 bits per heavy atom. The quantitative estimate of drug-likeness (QED) is 0.801. The summed E-state index contributed by atoms with van der Waals surface area (Å²) in [4.78, 5) is 12.2. The molecule has 3 nitrogen and oxygen atoms in total. The van der Waals surface area contributed by atoms with Crippen molar-refractivity contribution in [2.75, 3.05) is 0 Å². The topological polar surface area (TPSA) is 41.6 Å². The maximum Gasteiger partial charge on any atom is 0.138 e. The number of aromatic nitrogens is 3. The van der Waals surface area contributed by atoms with Gasteiger partial charge in [-0.05, 0) is 50.0 Å². The van der Waals surface area contributed by atoms with Gasteiger partial charge >= 0.3 is 0 Å². The largest absolute Gasteiger partial charge is 0.338 e. The van der Waals surface area contributed by atoms with Crippen LogP contribution >= 0.6 is 0 Å². The van der Waals surface area contributed by atoms with Crippen LogP contribution in [0.1, 0.15) is 26.7 Å². The number of rotatable bonds is 1. The maximum atomic E-state index is 4.71. The van der Waals surface area contributed by atoms with Crippen molar-refractivity contribution in [1.29, 1.82) is 0 Å². The molecular formula is C14H15N3. The molecule has 0 saturated heterocycles. The second kappa shape index (κ2) is 3.84. The third-order valence-corrected chi connectivity index (χ3v) is 3.36. The number of fused-ring (bicyclic) bond motifs is 1. The van der Waals surface area contributed by atoms with Crippen molar-refractivity contribution in [3.63, 3.8) is 0 Å². The molecule has 0 spiro atoms. The molecule has 0 saturated carbocycles. The summed E-state index contributed by atoms with van der Waals surface area (Å²) in [6, 6.07) is 3.96. The van der Waals surface area contributed by atoms with Gasteiger partial charge in [0.05, 0.1) is 10.7 Å². The molecule has 2 heterocycles. The summed E-state index contributed by atoms with van der Waals surface area (Å²) in [7, 11) is 0. The van der Waals surface area contributed by atoms with Gasteiger partial charge in [-0.2, -0.15) is 0 Å². The minimum absolute atomic E-state index is 0.943. The summed E-state index contributed by atoms with van der Waals surface area (Å²) in [6.07, 6.45) is 5.85. The van der Waals surface area contributed by atoms with Gasteiger partial charge in [0.1, 0.15) is 5.82 Å². The molecule has 3 rings (SSSR count). The number of nitrogens with one attached hydrogen (secondary N) is 1. The first-order valence-corrected chi connectivity index (χ1v) is 5.91. The lowest BCUT2D eigenvalue weighted by atomic mass is 10.0. The van der Waals surface area contributed by atoms with E-state index in [4.69, 9.17) is 4.98 Å². The smallest absolute Gasteiger partial charge is 0.138 e. The van der Waals surface area contributed by atoms with Crippen LogP contribution in [-0.4, -0.2) is 15.0 Å². The number of nitrogens with zero attached hydrogens (tertiary/aromatic N) is 2. The van der Waals surface area contributed by atoms with Crippen molar-refractivity contribution in [3.8, 4) is 11.4 Å². The highest BCUT2D eigenvalue weighted by molar-refractivity contribution is 5.58. The Labute approximate surface area is 99.9 Å². The summed E-state index contributed by atoms with van der Waals surface area (Å²) in [5.41, 5.74) is 3.87. The van der Waals surface area contributed by atoms with Crippen molar-refractivity contribution >= 4 is 11.1 Å². The summed E-state index contributed by atoms with van der Waals surface area (Å²) in [6.45, 7) is 4.35.